The van der Waals surface area contributed by atoms with Crippen molar-refractivity contribution in [1.82, 2.24) is 14.5 Å². The van der Waals surface area contributed by atoms with Crippen molar-refractivity contribution >= 4 is 0 Å². The minimum atomic E-state index is 0.0853. The number of morpholine rings is 1. The highest BCUT2D eigenvalue weighted by Crippen LogP contribution is 2.26. The molecule has 0 bridgehead atoms. The third kappa shape index (κ3) is 3.08. The van der Waals surface area contributed by atoms with E-state index in [2.05, 4.69) is 55.8 Å². The standard InChI is InChI=1S/C18H25N3O/c1-14-9-17(20-8-7-19-13-20)6-5-16(14)11-21-10-15(2)22-12-18(21,3)4/h5-9,13,15H,10-12H2,1-4H3. The molecule has 1 aromatic heterocycles. The molecule has 0 amide bonds. The van der Waals surface area contributed by atoms with Crippen LogP contribution in [0.4, 0.5) is 0 Å². The van der Waals surface area contributed by atoms with Crippen molar-refractivity contribution in [3.63, 3.8) is 0 Å². The molecule has 1 unspecified atom stereocenters. The quantitative estimate of drug-likeness (QED) is 0.872. The van der Waals surface area contributed by atoms with E-state index in [9.17, 15) is 0 Å². The number of nitrogens with zero attached hydrogens (tertiary/aromatic N) is 3. The number of benzene rings is 1. The predicted molar refractivity (Wildman–Crippen MR) is 88.2 cm³/mol. The molecule has 1 atom stereocenters. The molecule has 0 aliphatic carbocycles. The summed E-state index contributed by atoms with van der Waals surface area (Å²) in [7, 11) is 0. The van der Waals surface area contributed by atoms with Gasteiger partial charge in [0.25, 0.3) is 0 Å². The maximum Gasteiger partial charge on any atom is 0.0991 e. The van der Waals surface area contributed by atoms with Gasteiger partial charge in [0, 0.05) is 36.7 Å². The van der Waals surface area contributed by atoms with Crippen LogP contribution in [0.25, 0.3) is 5.69 Å². The molecular weight excluding hydrogens is 274 g/mol. The van der Waals surface area contributed by atoms with Crippen molar-refractivity contribution in [2.24, 2.45) is 0 Å². The summed E-state index contributed by atoms with van der Waals surface area (Å²) in [6.45, 7) is 11.6. The molecule has 2 aromatic rings. The van der Waals surface area contributed by atoms with Gasteiger partial charge in [-0.3, -0.25) is 4.90 Å². The van der Waals surface area contributed by atoms with E-state index in [1.807, 2.05) is 17.1 Å². The summed E-state index contributed by atoms with van der Waals surface area (Å²) in [5.74, 6) is 0. The SMILES string of the molecule is Cc1cc(-n2ccnc2)ccc1CN1CC(C)OCC1(C)C. The number of aryl methyl sites for hydroxylation is 1. The highest BCUT2D eigenvalue weighted by molar-refractivity contribution is 5.40. The van der Waals surface area contributed by atoms with Gasteiger partial charge in [-0.05, 0) is 51.0 Å². The van der Waals surface area contributed by atoms with Crippen LogP contribution in [0.5, 0.6) is 0 Å². The average molecular weight is 299 g/mol. The van der Waals surface area contributed by atoms with E-state index >= 15 is 0 Å². The molecule has 1 aromatic carbocycles. The highest BCUT2D eigenvalue weighted by Gasteiger charge is 2.33. The Morgan fingerprint density at radius 3 is 2.86 bits per heavy atom. The molecule has 0 saturated carbocycles. The number of hydrogen-bond acceptors (Lipinski definition) is 3. The van der Waals surface area contributed by atoms with Crippen LogP contribution >= 0.6 is 0 Å². The summed E-state index contributed by atoms with van der Waals surface area (Å²) in [5, 5.41) is 0. The van der Waals surface area contributed by atoms with Gasteiger partial charge in [-0.25, -0.2) is 4.98 Å². The lowest BCUT2D eigenvalue weighted by Gasteiger charge is -2.44. The first kappa shape index (κ1) is 15.3. The van der Waals surface area contributed by atoms with Gasteiger partial charge in [-0.2, -0.15) is 0 Å². The highest BCUT2D eigenvalue weighted by atomic mass is 16.5. The lowest BCUT2D eigenvalue weighted by Crippen LogP contribution is -2.54. The molecule has 1 aliphatic heterocycles. The lowest BCUT2D eigenvalue weighted by atomic mass is 9.98. The molecule has 1 saturated heterocycles. The Morgan fingerprint density at radius 1 is 1.36 bits per heavy atom. The van der Waals surface area contributed by atoms with Crippen LogP contribution < -0.4 is 0 Å². The first-order valence-corrected chi connectivity index (χ1v) is 7.90. The Kier molecular flexibility index (Phi) is 4.06. The summed E-state index contributed by atoms with van der Waals surface area (Å²) >= 11 is 0. The van der Waals surface area contributed by atoms with Gasteiger partial charge >= 0.3 is 0 Å². The molecule has 2 heterocycles. The number of imidazole rings is 1. The Labute approximate surface area is 132 Å². The summed E-state index contributed by atoms with van der Waals surface area (Å²) in [6, 6.07) is 6.63. The number of ether oxygens (including phenoxy) is 1. The van der Waals surface area contributed by atoms with Gasteiger partial charge < -0.3 is 9.30 Å². The van der Waals surface area contributed by atoms with Crippen LogP contribution in [-0.4, -0.2) is 39.2 Å². The molecule has 4 heteroatoms. The number of aromatic nitrogens is 2. The average Bonchev–Trinajstić information content (AvgIpc) is 2.99. The van der Waals surface area contributed by atoms with Crippen molar-refractivity contribution in [3.05, 3.63) is 48.0 Å². The minimum Gasteiger partial charge on any atom is -0.375 e. The third-order valence-electron chi connectivity index (χ3n) is 4.54. The fraction of sp³-hybridized carbons (Fsp3) is 0.500. The van der Waals surface area contributed by atoms with Crippen LogP contribution in [0.1, 0.15) is 31.9 Å². The predicted octanol–water partition coefficient (Wildman–Crippen LogP) is 3.18. The van der Waals surface area contributed by atoms with Gasteiger partial charge in [0.2, 0.25) is 0 Å². The summed E-state index contributed by atoms with van der Waals surface area (Å²) in [6.07, 6.45) is 5.92. The van der Waals surface area contributed by atoms with Gasteiger partial charge in [0.05, 0.1) is 19.0 Å². The van der Waals surface area contributed by atoms with Crippen molar-refractivity contribution < 1.29 is 4.74 Å². The Bertz CT molecular complexity index is 634. The molecular formula is C18H25N3O. The smallest absolute Gasteiger partial charge is 0.0991 e. The van der Waals surface area contributed by atoms with E-state index in [-0.39, 0.29) is 5.54 Å². The van der Waals surface area contributed by atoms with Gasteiger partial charge in [0.15, 0.2) is 0 Å². The van der Waals surface area contributed by atoms with Crippen LogP contribution in [0.3, 0.4) is 0 Å². The Balaban J connectivity index is 1.80. The van der Waals surface area contributed by atoms with E-state index in [1.54, 1.807) is 6.20 Å². The second kappa shape index (κ2) is 5.86. The summed E-state index contributed by atoms with van der Waals surface area (Å²) in [4.78, 5) is 6.64. The van der Waals surface area contributed by atoms with Gasteiger partial charge in [-0.1, -0.05) is 6.07 Å². The van der Waals surface area contributed by atoms with Crippen LogP contribution in [0, 0.1) is 6.92 Å². The van der Waals surface area contributed by atoms with Crippen molar-refractivity contribution in [2.75, 3.05) is 13.2 Å². The minimum absolute atomic E-state index is 0.0853. The molecule has 1 aliphatic rings. The Morgan fingerprint density at radius 2 is 2.18 bits per heavy atom. The van der Waals surface area contributed by atoms with Gasteiger partial charge in [-0.15, -0.1) is 0 Å². The molecule has 118 valence electrons. The van der Waals surface area contributed by atoms with Crippen molar-refractivity contribution in [2.45, 2.75) is 45.9 Å². The van der Waals surface area contributed by atoms with E-state index < -0.39 is 0 Å². The Hall–Kier alpha value is -1.65. The third-order valence-corrected chi connectivity index (χ3v) is 4.54. The molecule has 0 N–H and O–H groups in total. The zero-order valence-corrected chi connectivity index (χ0v) is 13.9. The zero-order valence-electron chi connectivity index (χ0n) is 13.9. The van der Waals surface area contributed by atoms with E-state index in [1.165, 1.54) is 11.1 Å². The molecule has 0 spiro atoms. The number of hydrogen-bond donors (Lipinski definition) is 0. The van der Waals surface area contributed by atoms with E-state index in [4.69, 9.17) is 4.74 Å². The molecule has 22 heavy (non-hydrogen) atoms. The van der Waals surface area contributed by atoms with Crippen molar-refractivity contribution in [1.29, 1.82) is 0 Å². The summed E-state index contributed by atoms with van der Waals surface area (Å²) in [5.41, 5.74) is 3.95. The van der Waals surface area contributed by atoms with Crippen molar-refractivity contribution in [3.8, 4) is 5.69 Å². The van der Waals surface area contributed by atoms with E-state index in [0.29, 0.717) is 6.10 Å². The fourth-order valence-electron chi connectivity index (χ4n) is 2.96. The first-order chi connectivity index (χ1) is 10.5. The maximum atomic E-state index is 5.81. The normalized spacial score (nSPS) is 21.9. The first-order valence-electron chi connectivity index (χ1n) is 7.90. The topological polar surface area (TPSA) is 30.3 Å². The summed E-state index contributed by atoms with van der Waals surface area (Å²) < 4.78 is 7.85. The van der Waals surface area contributed by atoms with Crippen LogP contribution in [-0.2, 0) is 11.3 Å². The molecule has 3 rings (SSSR count). The maximum absolute atomic E-state index is 5.81. The zero-order chi connectivity index (χ0) is 15.7. The number of rotatable bonds is 3. The monoisotopic (exact) mass is 299 g/mol. The largest absolute Gasteiger partial charge is 0.375 e. The second-order valence-electron chi connectivity index (χ2n) is 6.90. The molecule has 0 radical (unpaired) electrons. The van der Waals surface area contributed by atoms with Crippen LogP contribution in [0.2, 0.25) is 0 Å². The fourth-order valence-corrected chi connectivity index (χ4v) is 2.96. The lowest BCUT2D eigenvalue weighted by molar-refractivity contribution is -0.0950. The van der Waals surface area contributed by atoms with Crippen LogP contribution in [0.15, 0.2) is 36.9 Å². The van der Waals surface area contributed by atoms with E-state index in [0.717, 1.165) is 25.4 Å². The van der Waals surface area contributed by atoms with Gasteiger partial charge in [0.1, 0.15) is 0 Å². The second-order valence-corrected chi connectivity index (χ2v) is 6.90. The molecule has 1 fully saturated rings. The molecule has 4 nitrogen and oxygen atoms in total.